The fraction of sp³-hybridized carbons (Fsp3) is 1.00. The first-order valence-corrected chi connectivity index (χ1v) is 5.32. The minimum Gasteiger partial charge on any atom is -0.252 e. The van der Waals surface area contributed by atoms with Crippen LogP contribution in [0.15, 0.2) is 0 Å². The lowest BCUT2D eigenvalue weighted by Crippen LogP contribution is -2.35. The molecule has 2 unspecified atom stereocenters. The molecule has 0 aromatic heterocycles. The highest BCUT2D eigenvalue weighted by Crippen LogP contribution is 2.20. The standard InChI is InChI=1S/C10H22N2/c1-4-7-10-9(5-2)8-12(6-3)11-10/h9-11H,4-8H2,1-3H3. The van der Waals surface area contributed by atoms with Crippen molar-refractivity contribution in [3.05, 3.63) is 0 Å². The Morgan fingerprint density at radius 2 is 2.08 bits per heavy atom. The van der Waals surface area contributed by atoms with Gasteiger partial charge in [0.2, 0.25) is 0 Å². The zero-order chi connectivity index (χ0) is 8.97. The summed E-state index contributed by atoms with van der Waals surface area (Å²) in [7, 11) is 0. The van der Waals surface area contributed by atoms with Crippen molar-refractivity contribution < 1.29 is 0 Å². The van der Waals surface area contributed by atoms with Crippen LogP contribution >= 0.6 is 0 Å². The second kappa shape index (κ2) is 4.83. The van der Waals surface area contributed by atoms with Gasteiger partial charge in [-0.05, 0) is 12.3 Å². The Morgan fingerprint density at radius 3 is 2.58 bits per heavy atom. The van der Waals surface area contributed by atoms with Crippen molar-refractivity contribution in [3.63, 3.8) is 0 Å². The average molecular weight is 170 g/mol. The topological polar surface area (TPSA) is 15.3 Å². The van der Waals surface area contributed by atoms with Crippen LogP contribution in [0.25, 0.3) is 0 Å². The summed E-state index contributed by atoms with van der Waals surface area (Å²) in [6.07, 6.45) is 3.94. The Labute approximate surface area is 76.3 Å². The smallest absolute Gasteiger partial charge is 0.0256 e. The molecule has 1 heterocycles. The van der Waals surface area contributed by atoms with E-state index in [1.807, 2.05) is 0 Å². The van der Waals surface area contributed by atoms with E-state index in [0.29, 0.717) is 0 Å². The van der Waals surface area contributed by atoms with E-state index < -0.39 is 0 Å². The summed E-state index contributed by atoms with van der Waals surface area (Å²) in [4.78, 5) is 0. The molecular weight excluding hydrogens is 148 g/mol. The minimum atomic E-state index is 0.750. The highest BCUT2D eigenvalue weighted by molar-refractivity contribution is 4.82. The molecule has 0 aromatic carbocycles. The van der Waals surface area contributed by atoms with E-state index in [2.05, 4.69) is 31.2 Å². The molecule has 2 nitrogen and oxygen atoms in total. The van der Waals surface area contributed by atoms with Gasteiger partial charge in [-0.15, -0.1) is 0 Å². The van der Waals surface area contributed by atoms with Crippen molar-refractivity contribution in [3.8, 4) is 0 Å². The van der Waals surface area contributed by atoms with Crippen molar-refractivity contribution in [1.29, 1.82) is 0 Å². The molecule has 0 radical (unpaired) electrons. The molecule has 0 amide bonds. The molecular formula is C10H22N2. The van der Waals surface area contributed by atoms with Crippen LogP contribution in [0.4, 0.5) is 0 Å². The molecule has 1 aliphatic rings. The second-order valence-corrected chi connectivity index (χ2v) is 3.73. The van der Waals surface area contributed by atoms with Gasteiger partial charge in [0.05, 0.1) is 0 Å². The Balaban J connectivity index is 2.39. The van der Waals surface area contributed by atoms with Crippen molar-refractivity contribution in [2.75, 3.05) is 13.1 Å². The highest BCUT2D eigenvalue weighted by atomic mass is 15.5. The van der Waals surface area contributed by atoms with Crippen LogP contribution in [0.1, 0.15) is 40.0 Å². The second-order valence-electron chi connectivity index (χ2n) is 3.73. The van der Waals surface area contributed by atoms with Crippen molar-refractivity contribution >= 4 is 0 Å². The van der Waals surface area contributed by atoms with Crippen LogP contribution in [0, 0.1) is 5.92 Å². The molecule has 1 fully saturated rings. The first kappa shape index (κ1) is 10.0. The lowest BCUT2D eigenvalue weighted by atomic mass is 9.96. The van der Waals surface area contributed by atoms with Gasteiger partial charge in [0.15, 0.2) is 0 Å². The maximum Gasteiger partial charge on any atom is 0.0256 e. The fourth-order valence-corrected chi connectivity index (χ4v) is 2.05. The molecule has 0 bridgehead atoms. The summed E-state index contributed by atoms with van der Waals surface area (Å²) >= 11 is 0. The molecule has 2 heteroatoms. The first-order valence-electron chi connectivity index (χ1n) is 5.32. The Kier molecular flexibility index (Phi) is 4.02. The van der Waals surface area contributed by atoms with Gasteiger partial charge >= 0.3 is 0 Å². The fourth-order valence-electron chi connectivity index (χ4n) is 2.05. The Bertz CT molecular complexity index is 125. The van der Waals surface area contributed by atoms with Crippen LogP contribution in [0.5, 0.6) is 0 Å². The summed E-state index contributed by atoms with van der Waals surface area (Å²) in [6.45, 7) is 9.17. The third-order valence-corrected chi connectivity index (χ3v) is 2.88. The maximum absolute atomic E-state index is 3.58. The molecule has 1 saturated heterocycles. The quantitative estimate of drug-likeness (QED) is 0.694. The van der Waals surface area contributed by atoms with Crippen LogP contribution in [0.3, 0.4) is 0 Å². The van der Waals surface area contributed by atoms with E-state index in [1.165, 1.54) is 25.8 Å². The third kappa shape index (κ3) is 2.20. The molecule has 72 valence electrons. The number of nitrogens with one attached hydrogen (secondary N) is 1. The summed E-state index contributed by atoms with van der Waals surface area (Å²) in [6, 6.07) is 0.750. The summed E-state index contributed by atoms with van der Waals surface area (Å²) in [5, 5.41) is 2.36. The SMILES string of the molecule is CCCC1NN(CC)CC1CC. The maximum atomic E-state index is 3.58. The van der Waals surface area contributed by atoms with Crippen LogP contribution < -0.4 is 5.43 Å². The van der Waals surface area contributed by atoms with E-state index in [0.717, 1.165) is 18.5 Å². The van der Waals surface area contributed by atoms with Gasteiger partial charge < -0.3 is 0 Å². The van der Waals surface area contributed by atoms with Crippen LogP contribution in [0.2, 0.25) is 0 Å². The van der Waals surface area contributed by atoms with Gasteiger partial charge in [0.25, 0.3) is 0 Å². The summed E-state index contributed by atoms with van der Waals surface area (Å²) in [5.74, 6) is 0.880. The highest BCUT2D eigenvalue weighted by Gasteiger charge is 2.28. The van der Waals surface area contributed by atoms with E-state index >= 15 is 0 Å². The normalized spacial score (nSPS) is 31.2. The number of hydrogen-bond donors (Lipinski definition) is 1. The molecule has 1 aliphatic heterocycles. The number of hydrazine groups is 1. The lowest BCUT2D eigenvalue weighted by Gasteiger charge is -2.16. The molecule has 2 atom stereocenters. The third-order valence-electron chi connectivity index (χ3n) is 2.88. The van der Waals surface area contributed by atoms with E-state index in [-0.39, 0.29) is 0 Å². The molecule has 0 aromatic rings. The van der Waals surface area contributed by atoms with E-state index in [9.17, 15) is 0 Å². The molecule has 1 rings (SSSR count). The van der Waals surface area contributed by atoms with Crippen molar-refractivity contribution in [2.45, 2.75) is 46.1 Å². The number of nitrogens with zero attached hydrogens (tertiary/aromatic N) is 1. The first-order chi connectivity index (χ1) is 5.81. The molecule has 12 heavy (non-hydrogen) atoms. The predicted molar refractivity (Wildman–Crippen MR) is 52.9 cm³/mol. The zero-order valence-corrected chi connectivity index (χ0v) is 8.64. The van der Waals surface area contributed by atoms with E-state index in [4.69, 9.17) is 0 Å². The molecule has 0 spiro atoms. The zero-order valence-electron chi connectivity index (χ0n) is 8.64. The van der Waals surface area contributed by atoms with Gasteiger partial charge in [0, 0.05) is 19.1 Å². The van der Waals surface area contributed by atoms with Crippen molar-refractivity contribution in [2.24, 2.45) is 5.92 Å². The Hall–Kier alpha value is -0.0800. The Morgan fingerprint density at radius 1 is 1.33 bits per heavy atom. The van der Waals surface area contributed by atoms with Gasteiger partial charge in [0.1, 0.15) is 0 Å². The van der Waals surface area contributed by atoms with Gasteiger partial charge in [-0.25, -0.2) is 5.01 Å². The van der Waals surface area contributed by atoms with Gasteiger partial charge in [-0.2, -0.15) is 0 Å². The minimum absolute atomic E-state index is 0.750. The van der Waals surface area contributed by atoms with Gasteiger partial charge in [-0.3, -0.25) is 5.43 Å². The van der Waals surface area contributed by atoms with Crippen molar-refractivity contribution in [1.82, 2.24) is 10.4 Å². The van der Waals surface area contributed by atoms with Gasteiger partial charge in [-0.1, -0.05) is 33.6 Å². The lowest BCUT2D eigenvalue weighted by molar-refractivity contribution is 0.244. The monoisotopic (exact) mass is 170 g/mol. The molecule has 0 aliphatic carbocycles. The number of hydrogen-bond acceptors (Lipinski definition) is 2. The van der Waals surface area contributed by atoms with E-state index in [1.54, 1.807) is 0 Å². The number of rotatable bonds is 4. The molecule has 1 N–H and O–H groups in total. The summed E-state index contributed by atoms with van der Waals surface area (Å²) < 4.78 is 0. The molecule has 0 saturated carbocycles. The predicted octanol–water partition coefficient (Wildman–Crippen LogP) is 2.02. The van der Waals surface area contributed by atoms with Crippen LogP contribution in [-0.4, -0.2) is 24.1 Å². The summed E-state index contributed by atoms with van der Waals surface area (Å²) in [5.41, 5.74) is 3.58. The van der Waals surface area contributed by atoms with Crippen LogP contribution in [-0.2, 0) is 0 Å². The largest absolute Gasteiger partial charge is 0.252 e. The average Bonchev–Trinajstić information content (AvgIpc) is 2.48.